The Morgan fingerprint density at radius 2 is 1.38 bits per heavy atom. The van der Waals surface area contributed by atoms with E-state index in [1.165, 1.54) is 64.5 Å². The van der Waals surface area contributed by atoms with Gasteiger partial charge in [0.1, 0.15) is 0 Å². The van der Waals surface area contributed by atoms with Gasteiger partial charge in [0.2, 0.25) is 0 Å². The molecule has 2 atom stereocenters. The Kier molecular flexibility index (Phi) is 15.8. The highest BCUT2D eigenvalue weighted by Gasteiger charge is 2.11. The normalized spacial score (nSPS) is 12.6. The van der Waals surface area contributed by atoms with Crippen molar-refractivity contribution in [3.63, 3.8) is 0 Å². The van der Waals surface area contributed by atoms with E-state index in [1.54, 1.807) is 0 Å². The van der Waals surface area contributed by atoms with Crippen LogP contribution in [-0.2, 0) is 0 Å². The van der Waals surface area contributed by atoms with Gasteiger partial charge in [0.05, 0.1) is 24.0 Å². The lowest BCUT2D eigenvalue weighted by Crippen LogP contribution is -2.86. The predicted molar refractivity (Wildman–Crippen MR) is 116 cm³/mol. The molecule has 0 spiro atoms. The zero-order valence-electron chi connectivity index (χ0n) is 18.7. The van der Waals surface area contributed by atoms with Crippen LogP contribution in [0.3, 0.4) is 0 Å². The molecule has 2 N–H and O–H groups in total. The number of nitrogens with two attached hydrogens (primary N) is 1. The van der Waals surface area contributed by atoms with Crippen molar-refractivity contribution in [1.82, 2.24) is 0 Å². The second-order valence-electron chi connectivity index (χ2n) is 7.68. The minimum Gasteiger partial charge on any atom is -0.545 e. The molecule has 1 aromatic carbocycles. The van der Waals surface area contributed by atoms with Crippen molar-refractivity contribution < 1.29 is 20.1 Å². The van der Waals surface area contributed by atoms with Crippen molar-refractivity contribution in [3.05, 3.63) is 39.9 Å². The van der Waals surface area contributed by atoms with Gasteiger partial charge in [0.15, 0.2) is 0 Å². The number of carbonyl (C=O) groups excluding carboxylic acids is 1. The molecule has 2 unspecified atom stereocenters. The maximum absolute atomic E-state index is 10.2. The highest BCUT2D eigenvalue weighted by molar-refractivity contribution is 5.85. The molecule has 29 heavy (non-hydrogen) atoms. The number of quaternary nitrogens is 1. The number of unbranched alkanes of at least 4 members (excludes halogenated alkanes) is 2. The molecule has 6 nitrogen and oxygen atoms in total. The van der Waals surface area contributed by atoms with Crippen LogP contribution in [0.1, 0.15) is 89.4 Å². The van der Waals surface area contributed by atoms with Crippen molar-refractivity contribution in [1.29, 1.82) is 0 Å². The molecule has 1 aromatic rings. The molecule has 0 aliphatic rings. The Morgan fingerprint density at radius 3 is 1.69 bits per heavy atom. The molecule has 0 radical (unpaired) electrons. The zero-order valence-corrected chi connectivity index (χ0v) is 18.7. The average molecular weight is 409 g/mol. The van der Waals surface area contributed by atoms with E-state index in [0.29, 0.717) is 0 Å². The predicted octanol–water partition coefficient (Wildman–Crippen LogP) is 3.94. The van der Waals surface area contributed by atoms with E-state index < -0.39 is 10.9 Å². The van der Waals surface area contributed by atoms with Crippen molar-refractivity contribution in [2.75, 3.05) is 13.1 Å². The van der Waals surface area contributed by atoms with Gasteiger partial charge in [-0.2, -0.15) is 0 Å². The number of non-ortho nitro benzene ring substituents is 1. The Hall–Kier alpha value is -1.95. The van der Waals surface area contributed by atoms with Gasteiger partial charge >= 0.3 is 0 Å². The molecule has 1 rings (SSSR count). The van der Waals surface area contributed by atoms with Crippen molar-refractivity contribution >= 4 is 11.7 Å². The van der Waals surface area contributed by atoms with E-state index in [2.05, 4.69) is 33.0 Å². The molecule has 6 heteroatoms. The van der Waals surface area contributed by atoms with E-state index in [1.807, 2.05) is 0 Å². The standard InChI is InChI=1S/C16H35N.C7H5NO4/c1-5-9-11-15(7-3)13-17-14-16(8-4)12-10-6-2;9-7(10)5-1-3-6(4-2-5)8(11)12/h15-17H,5-14H2,1-4H3;1-4H,(H,9,10). The molecule has 0 heterocycles. The molecule has 0 aliphatic carbocycles. The summed E-state index contributed by atoms with van der Waals surface area (Å²) in [5.41, 5.74) is -0.208. The maximum atomic E-state index is 10.2. The van der Waals surface area contributed by atoms with Crippen LogP contribution in [0, 0.1) is 22.0 Å². The highest BCUT2D eigenvalue weighted by Crippen LogP contribution is 2.12. The van der Waals surface area contributed by atoms with Gasteiger partial charge in [-0.05, 0) is 43.4 Å². The molecule has 166 valence electrons. The first kappa shape index (κ1) is 27.0. The summed E-state index contributed by atoms with van der Waals surface area (Å²) >= 11 is 0. The van der Waals surface area contributed by atoms with Crippen LogP contribution < -0.4 is 10.4 Å². The Morgan fingerprint density at radius 1 is 0.931 bits per heavy atom. The van der Waals surface area contributed by atoms with Crippen LogP contribution in [0.5, 0.6) is 0 Å². The number of rotatable bonds is 14. The quantitative estimate of drug-likeness (QED) is 0.372. The lowest BCUT2D eigenvalue weighted by molar-refractivity contribution is -0.666. The minimum atomic E-state index is -1.34. The minimum absolute atomic E-state index is 0.0689. The lowest BCUT2D eigenvalue weighted by Gasteiger charge is -2.16. The van der Waals surface area contributed by atoms with Crippen LogP contribution in [0.25, 0.3) is 0 Å². The van der Waals surface area contributed by atoms with Crippen LogP contribution in [0.2, 0.25) is 0 Å². The number of benzene rings is 1. The van der Waals surface area contributed by atoms with E-state index in [4.69, 9.17) is 0 Å². The summed E-state index contributed by atoms with van der Waals surface area (Å²) in [6.07, 6.45) is 11.1. The van der Waals surface area contributed by atoms with Crippen molar-refractivity contribution in [2.45, 2.75) is 79.1 Å². The van der Waals surface area contributed by atoms with Crippen LogP contribution in [0.15, 0.2) is 24.3 Å². The summed E-state index contributed by atoms with van der Waals surface area (Å²) in [4.78, 5) is 19.7. The third kappa shape index (κ3) is 13.0. The third-order valence-electron chi connectivity index (χ3n) is 5.40. The Balaban J connectivity index is 0.000000571. The first-order valence-corrected chi connectivity index (χ1v) is 11.2. The molecule has 0 aromatic heterocycles. The average Bonchev–Trinajstić information content (AvgIpc) is 2.73. The number of hydrogen-bond acceptors (Lipinski definition) is 4. The number of nitrogens with zero attached hydrogens (tertiary/aromatic N) is 1. The highest BCUT2D eigenvalue weighted by atomic mass is 16.6. The second-order valence-corrected chi connectivity index (χ2v) is 7.68. The monoisotopic (exact) mass is 408 g/mol. The molecular weight excluding hydrogens is 368 g/mol. The van der Waals surface area contributed by atoms with Gasteiger partial charge in [-0.25, -0.2) is 0 Å². The molecule has 0 aliphatic heterocycles. The number of hydrogen-bond donors (Lipinski definition) is 1. The molecular formula is C23H40N2O4. The number of carbonyl (C=O) groups is 1. The third-order valence-corrected chi connectivity index (χ3v) is 5.40. The van der Waals surface area contributed by atoms with Gasteiger partial charge in [-0.3, -0.25) is 10.1 Å². The Labute approximate surface area is 176 Å². The SMILES string of the molecule is CCCCC(CC)C[NH2+]CC(CC)CCCC.O=C([O-])c1ccc([N+](=O)[O-])cc1. The molecule has 0 saturated heterocycles. The number of carboxylic acid groups (broad SMARTS) is 1. The Bertz CT molecular complexity index is 512. The second kappa shape index (κ2) is 17.0. The maximum Gasteiger partial charge on any atom is 0.269 e. The van der Waals surface area contributed by atoms with Crippen molar-refractivity contribution in [3.8, 4) is 0 Å². The first-order valence-electron chi connectivity index (χ1n) is 11.2. The van der Waals surface area contributed by atoms with E-state index >= 15 is 0 Å². The van der Waals surface area contributed by atoms with E-state index in [9.17, 15) is 20.0 Å². The number of nitro benzene ring substituents is 1. The van der Waals surface area contributed by atoms with Crippen molar-refractivity contribution in [2.24, 2.45) is 11.8 Å². The first-order chi connectivity index (χ1) is 13.9. The summed E-state index contributed by atoms with van der Waals surface area (Å²) in [5, 5.41) is 22.9. The summed E-state index contributed by atoms with van der Waals surface area (Å²) in [6.45, 7) is 12.0. The fourth-order valence-electron chi connectivity index (χ4n) is 3.25. The lowest BCUT2D eigenvalue weighted by atomic mass is 9.97. The number of aromatic carboxylic acids is 1. The van der Waals surface area contributed by atoms with Gasteiger partial charge in [-0.1, -0.05) is 53.4 Å². The fraction of sp³-hybridized carbons (Fsp3) is 0.696. The summed E-state index contributed by atoms with van der Waals surface area (Å²) in [5.74, 6) is 0.571. The smallest absolute Gasteiger partial charge is 0.269 e. The van der Waals surface area contributed by atoms with Gasteiger partial charge in [0.25, 0.3) is 5.69 Å². The summed E-state index contributed by atoms with van der Waals surface area (Å²) in [6, 6.07) is 4.50. The molecule has 0 amide bonds. The summed E-state index contributed by atoms with van der Waals surface area (Å²) in [7, 11) is 0. The zero-order chi connectivity index (χ0) is 22.1. The molecule has 0 bridgehead atoms. The topological polar surface area (TPSA) is 99.9 Å². The van der Waals surface area contributed by atoms with E-state index in [0.717, 1.165) is 36.1 Å². The summed E-state index contributed by atoms with van der Waals surface area (Å²) < 4.78 is 0. The van der Waals surface area contributed by atoms with Gasteiger partial charge in [-0.15, -0.1) is 0 Å². The van der Waals surface area contributed by atoms with Gasteiger partial charge < -0.3 is 15.2 Å². The molecule has 0 fully saturated rings. The van der Waals surface area contributed by atoms with Crippen LogP contribution >= 0.6 is 0 Å². The number of nitro groups is 1. The fourth-order valence-corrected chi connectivity index (χ4v) is 3.25. The van der Waals surface area contributed by atoms with Gasteiger partial charge in [0, 0.05) is 24.0 Å². The molecule has 0 saturated carbocycles. The largest absolute Gasteiger partial charge is 0.545 e. The van der Waals surface area contributed by atoms with E-state index in [-0.39, 0.29) is 11.3 Å². The van der Waals surface area contributed by atoms with Crippen LogP contribution in [0.4, 0.5) is 5.69 Å². The van der Waals surface area contributed by atoms with Crippen LogP contribution in [-0.4, -0.2) is 24.0 Å². The number of carboxylic acids is 1.